The normalized spacial score (nSPS) is 20.9. The lowest BCUT2D eigenvalue weighted by atomic mass is 10.1. The number of halogens is 2. The summed E-state index contributed by atoms with van der Waals surface area (Å²) in [5.41, 5.74) is 2.48. The summed E-state index contributed by atoms with van der Waals surface area (Å²) >= 11 is 1.80. The minimum Gasteiger partial charge on any atom is -0.373 e. The number of para-hydroxylation sites is 1. The van der Waals surface area contributed by atoms with Gasteiger partial charge in [-0.05, 0) is 11.6 Å². The van der Waals surface area contributed by atoms with E-state index in [2.05, 4.69) is 35.5 Å². The Kier molecular flexibility index (Phi) is 7.13. The summed E-state index contributed by atoms with van der Waals surface area (Å²) in [4.78, 5) is 16.7. The fourth-order valence-corrected chi connectivity index (χ4v) is 3.59. The molecule has 3 rings (SSSR count). The molecular formula is C14H21Cl2N3OS. The van der Waals surface area contributed by atoms with Crippen LogP contribution in [0.4, 0.5) is 5.69 Å². The van der Waals surface area contributed by atoms with Crippen LogP contribution in [0, 0.1) is 0 Å². The highest BCUT2D eigenvalue weighted by atomic mass is 35.5. The van der Waals surface area contributed by atoms with Crippen LogP contribution < -0.4 is 10.2 Å². The van der Waals surface area contributed by atoms with Crippen molar-refractivity contribution < 1.29 is 4.79 Å². The van der Waals surface area contributed by atoms with Crippen LogP contribution in [-0.2, 0) is 11.3 Å². The molecule has 4 nitrogen and oxygen atoms in total. The predicted octanol–water partition coefficient (Wildman–Crippen LogP) is 1.97. The second-order valence-corrected chi connectivity index (χ2v) is 6.11. The van der Waals surface area contributed by atoms with Crippen molar-refractivity contribution in [2.45, 2.75) is 12.6 Å². The molecule has 1 saturated heterocycles. The van der Waals surface area contributed by atoms with Gasteiger partial charge >= 0.3 is 0 Å². The molecule has 2 heterocycles. The van der Waals surface area contributed by atoms with E-state index in [9.17, 15) is 4.79 Å². The quantitative estimate of drug-likeness (QED) is 0.840. The third kappa shape index (κ3) is 3.97. The molecule has 1 aromatic rings. The second-order valence-electron chi connectivity index (χ2n) is 5.08. The Balaban J connectivity index is 0.00000110. The highest BCUT2D eigenvalue weighted by Crippen LogP contribution is 2.24. The average Bonchev–Trinajstić information content (AvgIpc) is 2.91. The molecule has 0 bridgehead atoms. The van der Waals surface area contributed by atoms with E-state index in [-0.39, 0.29) is 36.8 Å². The van der Waals surface area contributed by atoms with Crippen LogP contribution >= 0.6 is 36.6 Å². The zero-order chi connectivity index (χ0) is 13.2. The van der Waals surface area contributed by atoms with Crippen molar-refractivity contribution in [2.24, 2.45) is 0 Å². The standard InChI is InChI=1S/C14H19N3OS.2ClH/c1-16-6-7-17(14(18)12-9-19-10-15-12)8-11-4-2-3-5-13(11)16;;/h2-5,12,15H,6-10H2,1H3;2*1H. The maximum atomic E-state index is 12.5. The van der Waals surface area contributed by atoms with Crippen LogP contribution in [0.2, 0.25) is 0 Å². The number of rotatable bonds is 1. The van der Waals surface area contributed by atoms with E-state index in [4.69, 9.17) is 0 Å². The molecule has 21 heavy (non-hydrogen) atoms. The van der Waals surface area contributed by atoms with Crippen molar-refractivity contribution >= 4 is 48.2 Å². The minimum atomic E-state index is 0. The number of amides is 1. The molecule has 0 spiro atoms. The largest absolute Gasteiger partial charge is 0.373 e. The highest BCUT2D eigenvalue weighted by Gasteiger charge is 2.29. The summed E-state index contributed by atoms with van der Waals surface area (Å²) in [6, 6.07) is 8.36. The van der Waals surface area contributed by atoms with E-state index in [0.717, 1.165) is 31.3 Å². The van der Waals surface area contributed by atoms with Gasteiger partial charge in [-0.15, -0.1) is 36.6 Å². The number of benzene rings is 1. The number of nitrogens with zero attached hydrogens (tertiary/aromatic N) is 2. The molecule has 1 atom stereocenters. The van der Waals surface area contributed by atoms with E-state index in [1.807, 2.05) is 11.0 Å². The Labute approximate surface area is 142 Å². The molecule has 0 radical (unpaired) electrons. The van der Waals surface area contributed by atoms with Gasteiger partial charge in [-0.2, -0.15) is 0 Å². The summed E-state index contributed by atoms with van der Waals surface area (Å²) in [6.07, 6.45) is 0. The Morgan fingerprint density at radius 1 is 1.29 bits per heavy atom. The van der Waals surface area contributed by atoms with Gasteiger partial charge in [0, 0.05) is 44.0 Å². The predicted molar refractivity (Wildman–Crippen MR) is 93.9 cm³/mol. The summed E-state index contributed by atoms with van der Waals surface area (Å²) in [6.45, 7) is 2.41. The molecule has 1 aromatic carbocycles. The Morgan fingerprint density at radius 3 is 2.76 bits per heavy atom. The van der Waals surface area contributed by atoms with Gasteiger partial charge in [0.15, 0.2) is 0 Å². The van der Waals surface area contributed by atoms with Crippen molar-refractivity contribution in [3.63, 3.8) is 0 Å². The number of carbonyl (C=O) groups is 1. The van der Waals surface area contributed by atoms with E-state index in [0.29, 0.717) is 0 Å². The lowest BCUT2D eigenvalue weighted by Crippen LogP contribution is -2.45. The first-order chi connectivity index (χ1) is 9.25. The van der Waals surface area contributed by atoms with Crippen LogP contribution in [0.1, 0.15) is 5.56 Å². The molecule has 1 amide bonds. The van der Waals surface area contributed by atoms with Crippen molar-refractivity contribution in [1.82, 2.24) is 10.2 Å². The van der Waals surface area contributed by atoms with Crippen molar-refractivity contribution in [3.05, 3.63) is 29.8 Å². The zero-order valence-electron chi connectivity index (χ0n) is 11.9. The molecule has 2 aliphatic rings. The van der Waals surface area contributed by atoms with Crippen LogP contribution in [0.5, 0.6) is 0 Å². The monoisotopic (exact) mass is 349 g/mol. The number of hydrogen-bond acceptors (Lipinski definition) is 4. The molecule has 1 N–H and O–H groups in total. The Morgan fingerprint density at radius 2 is 2.05 bits per heavy atom. The smallest absolute Gasteiger partial charge is 0.240 e. The van der Waals surface area contributed by atoms with Gasteiger partial charge in [0.1, 0.15) is 0 Å². The molecule has 118 valence electrons. The van der Waals surface area contributed by atoms with E-state index in [1.54, 1.807) is 11.8 Å². The highest BCUT2D eigenvalue weighted by molar-refractivity contribution is 7.99. The first-order valence-electron chi connectivity index (χ1n) is 6.64. The maximum absolute atomic E-state index is 12.5. The van der Waals surface area contributed by atoms with Crippen molar-refractivity contribution in [1.29, 1.82) is 0 Å². The van der Waals surface area contributed by atoms with Gasteiger partial charge in [0.2, 0.25) is 5.91 Å². The molecule has 1 unspecified atom stereocenters. The van der Waals surface area contributed by atoms with Gasteiger partial charge in [-0.3, -0.25) is 10.1 Å². The number of carbonyl (C=O) groups excluding carboxylic acids is 1. The molecular weight excluding hydrogens is 329 g/mol. The number of nitrogens with one attached hydrogen (secondary N) is 1. The molecule has 2 aliphatic heterocycles. The molecule has 0 saturated carbocycles. The topological polar surface area (TPSA) is 35.6 Å². The molecule has 7 heteroatoms. The Bertz CT molecular complexity index is 483. The molecule has 0 aliphatic carbocycles. The molecule has 1 fully saturated rings. The number of fused-ring (bicyclic) bond motifs is 1. The van der Waals surface area contributed by atoms with Gasteiger partial charge in [0.25, 0.3) is 0 Å². The lowest BCUT2D eigenvalue weighted by molar-refractivity contribution is -0.133. The lowest BCUT2D eigenvalue weighted by Gasteiger charge is -2.24. The minimum absolute atomic E-state index is 0. The van der Waals surface area contributed by atoms with Gasteiger partial charge in [0.05, 0.1) is 6.04 Å². The van der Waals surface area contributed by atoms with Crippen LogP contribution in [0.25, 0.3) is 0 Å². The number of hydrogen-bond donors (Lipinski definition) is 1. The van der Waals surface area contributed by atoms with Crippen LogP contribution in [0.3, 0.4) is 0 Å². The maximum Gasteiger partial charge on any atom is 0.240 e. The first kappa shape index (κ1) is 18.4. The van der Waals surface area contributed by atoms with Crippen LogP contribution in [-0.4, -0.2) is 48.6 Å². The van der Waals surface area contributed by atoms with Crippen molar-refractivity contribution in [2.75, 3.05) is 36.7 Å². The summed E-state index contributed by atoms with van der Waals surface area (Å²) in [5, 5.41) is 3.27. The summed E-state index contributed by atoms with van der Waals surface area (Å²) < 4.78 is 0. The fraction of sp³-hybridized carbons (Fsp3) is 0.500. The van der Waals surface area contributed by atoms with E-state index < -0.39 is 0 Å². The van der Waals surface area contributed by atoms with Crippen molar-refractivity contribution in [3.8, 4) is 0 Å². The number of anilines is 1. The van der Waals surface area contributed by atoms with Gasteiger partial charge < -0.3 is 9.80 Å². The van der Waals surface area contributed by atoms with Crippen LogP contribution in [0.15, 0.2) is 24.3 Å². The average molecular weight is 350 g/mol. The van der Waals surface area contributed by atoms with E-state index in [1.165, 1.54) is 11.3 Å². The SMILES string of the molecule is CN1CCN(C(=O)C2CSCN2)Cc2ccccc21.Cl.Cl. The second kappa shape index (κ2) is 8.13. The number of thioether (sulfide) groups is 1. The first-order valence-corrected chi connectivity index (χ1v) is 7.80. The summed E-state index contributed by atoms with van der Waals surface area (Å²) in [7, 11) is 2.09. The Hall–Kier alpha value is -0.620. The van der Waals surface area contributed by atoms with Gasteiger partial charge in [-0.1, -0.05) is 18.2 Å². The third-order valence-electron chi connectivity index (χ3n) is 3.80. The summed E-state index contributed by atoms with van der Waals surface area (Å²) in [5.74, 6) is 2.03. The third-order valence-corrected chi connectivity index (χ3v) is 4.74. The van der Waals surface area contributed by atoms with Gasteiger partial charge in [-0.25, -0.2) is 0 Å². The fourth-order valence-electron chi connectivity index (χ4n) is 2.66. The number of likely N-dealkylation sites (N-methyl/N-ethyl adjacent to an activating group) is 1. The van der Waals surface area contributed by atoms with E-state index >= 15 is 0 Å². The zero-order valence-corrected chi connectivity index (χ0v) is 14.4. The molecule has 0 aromatic heterocycles.